The van der Waals surface area contributed by atoms with E-state index in [2.05, 4.69) is 16.8 Å². The third-order valence-corrected chi connectivity index (χ3v) is 3.87. The van der Waals surface area contributed by atoms with Crippen LogP contribution in [0, 0.1) is 23.0 Å². The van der Waals surface area contributed by atoms with Gasteiger partial charge in [0.15, 0.2) is 0 Å². The van der Waals surface area contributed by atoms with Gasteiger partial charge in [-0.3, -0.25) is 10.1 Å². The van der Waals surface area contributed by atoms with Crippen LogP contribution in [0.1, 0.15) is 25.3 Å². The van der Waals surface area contributed by atoms with Gasteiger partial charge in [0.25, 0.3) is 5.69 Å². The van der Waals surface area contributed by atoms with Crippen molar-refractivity contribution in [3.63, 3.8) is 0 Å². The van der Waals surface area contributed by atoms with Crippen molar-refractivity contribution in [2.75, 3.05) is 18.0 Å². The van der Waals surface area contributed by atoms with E-state index in [0.29, 0.717) is 24.1 Å². The molecule has 0 aliphatic carbocycles. The minimum atomic E-state index is -0.394. The summed E-state index contributed by atoms with van der Waals surface area (Å²) in [6.45, 7) is 5.46. The SMILES string of the molecule is Cc1cc(N2CC(CN)CCC2C)ncc1[N+](=O)[O-]. The van der Waals surface area contributed by atoms with Gasteiger partial charge in [0, 0.05) is 18.2 Å². The number of aryl methyl sites for hydroxylation is 1. The first-order chi connectivity index (χ1) is 9.02. The van der Waals surface area contributed by atoms with E-state index in [1.807, 2.05) is 0 Å². The maximum atomic E-state index is 10.8. The van der Waals surface area contributed by atoms with Crippen LogP contribution in [0.25, 0.3) is 0 Å². The third kappa shape index (κ3) is 2.84. The minimum absolute atomic E-state index is 0.0730. The number of anilines is 1. The quantitative estimate of drug-likeness (QED) is 0.665. The molecule has 2 N–H and O–H groups in total. The number of nitro groups is 1. The maximum Gasteiger partial charge on any atom is 0.290 e. The smallest absolute Gasteiger partial charge is 0.290 e. The number of hydrogen-bond donors (Lipinski definition) is 1. The zero-order valence-electron chi connectivity index (χ0n) is 11.4. The summed E-state index contributed by atoms with van der Waals surface area (Å²) in [5.41, 5.74) is 6.47. The molecule has 2 atom stereocenters. The molecule has 1 saturated heterocycles. The molecule has 1 aromatic rings. The molecule has 19 heavy (non-hydrogen) atoms. The zero-order valence-corrected chi connectivity index (χ0v) is 11.4. The van der Waals surface area contributed by atoms with E-state index in [1.165, 1.54) is 6.20 Å². The molecule has 2 rings (SSSR count). The van der Waals surface area contributed by atoms with Gasteiger partial charge in [-0.1, -0.05) is 0 Å². The summed E-state index contributed by atoms with van der Waals surface area (Å²) in [5, 5.41) is 10.8. The summed E-state index contributed by atoms with van der Waals surface area (Å²) >= 11 is 0. The largest absolute Gasteiger partial charge is 0.354 e. The number of piperidine rings is 1. The van der Waals surface area contributed by atoms with Gasteiger partial charge in [-0.2, -0.15) is 0 Å². The van der Waals surface area contributed by atoms with E-state index in [-0.39, 0.29) is 5.69 Å². The normalized spacial score (nSPS) is 23.4. The van der Waals surface area contributed by atoms with E-state index < -0.39 is 4.92 Å². The van der Waals surface area contributed by atoms with Gasteiger partial charge >= 0.3 is 0 Å². The summed E-state index contributed by atoms with van der Waals surface area (Å²) in [6, 6.07) is 2.20. The number of rotatable bonds is 3. The summed E-state index contributed by atoms with van der Waals surface area (Å²) < 4.78 is 0. The summed E-state index contributed by atoms with van der Waals surface area (Å²) in [7, 11) is 0. The van der Waals surface area contributed by atoms with Crippen LogP contribution in [0.5, 0.6) is 0 Å². The Balaban J connectivity index is 2.25. The molecule has 1 aliphatic heterocycles. The Hall–Kier alpha value is -1.69. The summed E-state index contributed by atoms with van der Waals surface area (Å²) in [6.07, 6.45) is 3.57. The molecule has 1 aromatic heterocycles. The molecule has 0 spiro atoms. The number of nitrogens with two attached hydrogens (primary N) is 1. The highest BCUT2D eigenvalue weighted by Crippen LogP contribution is 2.28. The number of nitrogens with zero attached hydrogens (tertiary/aromatic N) is 3. The molecule has 6 nitrogen and oxygen atoms in total. The zero-order chi connectivity index (χ0) is 14.0. The third-order valence-electron chi connectivity index (χ3n) is 3.87. The first kappa shape index (κ1) is 13.7. The second kappa shape index (κ2) is 5.52. The van der Waals surface area contributed by atoms with E-state index in [1.54, 1.807) is 13.0 Å². The first-order valence-corrected chi connectivity index (χ1v) is 6.60. The molecule has 0 radical (unpaired) electrons. The minimum Gasteiger partial charge on any atom is -0.354 e. The fraction of sp³-hybridized carbons (Fsp3) is 0.615. The molecule has 2 heterocycles. The Kier molecular flexibility index (Phi) is 3.99. The van der Waals surface area contributed by atoms with Crippen molar-refractivity contribution >= 4 is 11.5 Å². The molecule has 0 amide bonds. The van der Waals surface area contributed by atoms with Crippen LogP contribution in [0.4, 0.5) is 11.5 Å². The van der Waals surface area contributed by atoms with Crippen molar-refractivity contribution in [2.45, 2.75) is 32.7 Å². The molecule has 104 valence electrons. The highest BCUT2D eigenvalue weighted by molar-refractivity contribution is 5.49. The van der Waals surface area contributed by atoms with Crippen molar-refractivity contribution in [2.24, 2.45) is 11.7 Å². The predicted molar refractivity (Wildman–Crippen MR) is 74.2 cm³/mol. The second-order valence-corrected chi connectivity index (χ2v) is 5.27. The highest BCUT2D eigenvalue weighted by atomic mass is 16.6. The van der Waals surface area contributed by atoms with Crippen molar-refractivity contribution < 1.29 is 4.92 Å². The van der Waals surface area contributed by atoms with Crippen LogP contribution >= 0.6 is 0 Å². The standard InChI is InChI=1S/C13H20N4O2/c1-9-5-13(15-7-12(9)17(18)19)16-8-11(6-14)4-3-10(16)2/h5,7,10-11H,3-4,6,8,14H2,1-2H3. The Labute approximate surface area is 112 Å². The second-order valence-electron chi connectivity index (χ2n) is 5.27. The number of hydrogen-bond acceptors (Lipinski definition) is 5. The Bertz CT molecular complexity index is 478. The maximum absolute atomic E-state index is 10.8. The van der Waals surface area contributed by atoms with Crippen LogP contribution in [0.2, 0.25) is 0 Å². The molecule has 0 aromatic carbocycles. The molecule has 1 aliphatic rings. The molecular formula is C13H20N4O2. The molecule has 1 fully saturated rings. The van der Waals surface area contributed by atoms with Gasteiger partial charge in [-0.05, 0) is 45.2 Å². The van der Waals surface area contributed by atoms with Gasteiger partial charge in [0.1, 0.15) is 12.0 Å². The van der Waals surface area contributed by atoms with Gasteiger partial charge in [-0.25, -0.2) is 4.98 Å². The van der Waals surface area contributed by atoms with Crippen LogP contribution < -0.4 is 10.6 Å². The van der Waals surface area contributed by atoms with E-state index in [9.17, 15) is 10.1 Å². The van der Waals surface area contributed by atoms with Gasteiger partial charge < -0.3 is 10.6 Å². The lowest BCUT2D eigenvalue weighted by molar-refractivity contribution is -0.385. The van der Waals surface area contributed by atoms with Gasteiger partial charge in [-0.15, -0.1) is 0 Å². The van der Waals surface area contributed by atoms with E-state index in [4.69, 9.17) is 5.73 Å². The van der Waals surface area contributed by atoms with Crippen LogP contribution in [-0.2, 0) is 0 Å². The lowest BCUT2D eigenvalue weighted by Crippen LogP contribution is -2.44. The van der Waals surface area contributed by atoms with Crippen molar-refractivity contribution in [1.29, 1.82) is 0 Å². The molecule has 2 unspecified atom stereocenters. The van der Waals surface area contributed by atoms with E-state index in [0.717, 1.165) is 25.2 Å². The summed E-state index contributed by atoms with van der Waals surface area (Å²) in [4.78, 5) is 16.9. The van der Waals surface area contributed by atoms with Crippen molar-refractivity contribution in [3.8, 4) is 0 Å². The lowest BCUT2D eigenvalue weighted by Gasteiger charge is -2.38. The van der Waals surface area contributed by atoms with Crippen LogP contribution in [0.15, 0.2) is 12.3 Å². The van der Waals surface area contributed by atoms with Crippen LogP contribution in [-0.4, -0.2) is 29.0 Å². The lowest BCUT2D eigenvalue weighted by atomic mass is 9.93. The van der Waals surface area contributed by atoms with Gasteiger partial charge in [0.2, 0.25) is 0 Å². The first-order valence-electron chi connectivity index (χ1n) is 6.60. The Morgan fingerprint density at radius 3 is 2.89 bits per heavy atom. The topological polar surface area (TPSA) is 85.3 Å². The van der Waals surface area contributed by atoms with Crippen molar-refractivity contribution in [1.82, 2.24) is 4.98 Å². The molecule has 6 heteroatoms. The average Bonchev–Trinajstić information content (AvgIpc) is 2.38. The number of aromatic nitrogens is 1. The average molecular weight is 264 g/mol. The Morgan fingerprint density at radius 1 is 1.58 bits per heavy atom. The Morgan fingerprint density at radius 2 is 2.32 bits per heavy atom. The van der Waals surface area contributed by atoms with Crippen LogP contribution in [0.3, 0.4) is 0 Å². The highest BCUT2D eigenvalue weighted by Gasteiger charge is 2.26. The van der Waals surface area contributed by atoms with Gasteiger partial charge in [0.05, 0.1) is 4.92 Å². The predicted octanol–water partition coefficient (Wildman–Crippen LogP) is 1.86. The summed E-state index contributed by atoms with van der Waals surface area (Å²) in [5.74, 6) is 1.29. The fourth-order valence-corrected chi connectivity index (χ4v) is 2.58. The number of pyridine rings is 1. The van der Waals surface area contributed by atoms with E-state index >= 15 is 0 Å². The molecular weight excluding hydrogens is 244 g/mol. The van der Waals surface area contributed by atoms with Crippen molar-refractivity contribution in [3.05, 3.63) is 27.9 Å². The fourth-order valence-electron chi connectivity index (χ4n) is 2.58. The molecule has 0 saturated carbocycles. The monoisotopic (exact) mass is 264 g/mol. The molecule has 0 bridgehead atoms.